The van der Waals surface area contributed by atoms with Gasteiger partial charge in [-0.1, -0.05) is 0 Å². The number of nitrogens with one attached hydrogen (secondary N) is 1. The highest BCUT2D eigenvalue weighted by atomic mass is 19.1. The first kappa shape index (κ1) is 23.7. The van der Waals surface area contributed by atoms with Crippen LogP contribution in [0.5, 0.6) is 5.75 Å². The molecule has 1 amide bonds. The van der Waals surface area contributed by atoms with Gasteiger partial charge in [0, 0.05) is 42.8 Å². The molecule has 2 aromatic carbocycles. The summed E-state index contributed by atoms with van der Waals surface area (Å²) >= 11 is 0. The topological polar surface area (TPSA) is 84.2 Å². The van der Waals surface area contributed by atoms with Crippen molar-refractivity contribution in [2.45, 2.75) is 6.92 Å². The number of carbonyl (C=O) groups excluding carboxylic acids is 1. The van der Waals surface area contributed by atoms with Gasteiger partial charge in [-0.25, -0.2) is 14.4 Å². The van der Waals surface area contributed by atoms with Crippen molar-refractivity contribution < 1.29 is 18.7 Å². The summed E-state index contributed by atoms with van der Waals surface area (Å²) in [5.41, 5.74) is 4.24. The maximum Gasteiger partial charge on any atom is 0.254 e. The lowest BCUT2D eigenvalue weighted by atomic mass is 10.1. The van der Waals surface area contributed by atoms with Crippen LogP contribution in [0.2, 0.25) is 0 Å². The molecular weight excluding hydrogens is 463 g/mol. The third-order valence-electron chi connectivity index (χ3n) is 6.18. The second-order valence-electron chi connectivity index (χ2n) is 8.69. The molecule has 0 saturated carbocycles. The minimum absolute atomic E-state index is 0.0456. The molecule has 0 radical (unpaired) electrons. The fourth-order valence-electron chi connectivity index (χ4n) is 4.30. The molecule has 5 rings (SSSR count). The van der Waals surface area contributed by atoms with Crippen LogP contribution in [0.1, 0.15) is 15.9 Å². The van der Waals surface area contributed by atoms with E-state index in [4.69, 9.17) is 9.47 Å². The van der Waals surface area contributed by atoms with Crippen molar-refractivity contribution in [3.05, 3.63) is 71.9 Å². The maximum atomic E-state index is 14.3. The summed E-state index contributed by atoms with van der Waals surface area (Å²) in [4.78, 5) is 25.7. The number of rotatable bonds is 7. The quantitative estimate of drug-likeness (QED) is 0.420. The van der Waals surface area contributed by atoms with Crippen molar-refractivity contribution >= 4 is 23.1 Å². The number of hydrogen-bond acceptors (Lipinski definition) is 7. The lowest BCUT2D eigenvalue weighted by Crippen LogP contribution is -2.38. The summed E-state index contributed by atoms with van der Waals surface area (Å²) in [5, 5.41) is 3.30. The van der Waals surface area contributed by atoms with E-state index >= 15 is 0 Å². The predicted molar refractivity (Wildman–Crippen MR) is 134 cm³/mol. The molecule has 0 unspecified atom stereocenters. The van der Waals surface area contributed by atoms with E-state index in [2.05, 4.69) is 20.2 Å². The molecule has 1 N–H and O–H groups in total. The van der Waals surface area contributed by atoms with E-state index in [9.17, 15) is 9.18 Å². The molecule has 3 heterocycles. The number of imidazole rings is 1. The highest BCUT2D eigenvalue weighted by molar-refractivity contribution is 5.96. The van der Waals surface area contributed by atoms with Crippen LogP contribution in [0.25, 0.3) is 16.9 Å². The number of fused-ring (bicyclic) bond motifs is 1. The Bertz CT molecular complexity index is 1420. The molecule has 0 atom stereocenters. The molecule has 4 aromatic rings. The summed E-state index contributed by atoms with van der Waals surface area (Å²) in [6.07, 6.45) is 5.11. The van der Waals surface area contributed by atoms with Gasteiger partial charge in [0.25, 0.3) is 5.91 Å². The largest absolute Gasteiger partial charge is 0.494 e. The zero-order valence-electron chi connectivity index (χ0n) is 20.4. The highest BCUT2D eigenvalue weighted by Crippen LogP contribution is 2.29. The van der Waals surface area contributed by atoms with Crippen molar-refractivity contribution in [1.82, 2.24) is 24.2 Å². The van der Waals surface area contributed by atoms with Gasteiger partial charge < -0.3 is 19.7 Å². The standard InChI is InChI=1S/C26H27FN6O3/c1-17-12-19(5-6-20(17)26(34)31(2)15-32-10-11-36-16-32)30-24-25-29-14-22(33(25)9-8-28-24)18-4-7-23(35-3)21(27)13-18/h4-9,12-14H,10-11,15-16H2,1-3H3,(H,28,30). The van der Waals surface area contributed by atoms with E-state index in [0.29, 0.717) is 42.6 Å². The molecule has 0 bridgehead atoms. The van der Waals surface area contributed by atoms with Gasteiger partial charge >= 0.3 is 0 Å². The number of ether oxygens (including phenoxy) is 2. The van der Waals surface area contributed by atoms with Crippen LogP contribution in [0, 0.1) is 12.7 Å². The number of carbonyl (C=O) groups is 1. The van der Waals surface area contributed by atoms with Gasteiger partial charge in [-0.15, -0.1) is 0 Å². The predicted octanol–water partition coefficient (Wildman–Crippen LogP) is 3.92. The Morgan fingerprint density at radius 1 is 1.25 bits per heavy atom. The van der Waals surface area contributed by atoms with Gasteiger partial charge in [0.15, 0.2) is 23.0 Å². The molecule has 1 aliphatic heterocycles. The summed E-state index contributed by atoms with van der Waals surface area (Å²) in [6, 6.07) is 10.4. The van der Waals surface area contributed by atoms with Crippen LogP contribution in [0.15, 0.2) is 55.0 Å². The van der Waals surface area contributed by atoms with E-state index < -0.39 is 5.82 Å². The first-order chi connectivity index (χ1) is 17.4. The number of anilines is 2. The van der Waals surface area contributed by atoms with Gasteiger partial charge in [-0.05, 0) is 48.9 Å². The normalized spacial score (nSPS) is 13.8. The average molecular weight is 491 g/mol. The first-order valence-electron chi connectivity index (χ1n) is 11.5. The lowest BCUT2D eigenvalue weighted by Gasteiger charge is -2.23. The highest BCUT2D eigenvalue weighted by Gasteiger charge is 2.20. The van der Waals surface area contributed by atoms with E-state index in [0.717, 1.165) is 23.5 Å². The average Bonchev–Trinajstić information content (AvgIpc) is 3.54. The Kier molecular flexibility index (Phi) is 6.53. The van der Waals surface area contributed by atoms with Crippen LogP contribution < -0.4 is 10.1 Å². The number of methoxy groups -OCH3 is 1. The number of benzene rings is 2. The minimum atomic E-state index is -0.443. The van der Waals surface area contributed by atoms with Crippen LogP contribution >= 0.6 is 0 Å². The second-order valence-corrected chi connectivity index (χ2v) is 8.69. The number of hydrogen-bond donors (Lipinski definition) is 1. The molecule has 186 valence electrons. The molecular formula is C26H27FN6O3. The first-order valence-corrected chi connectivity index (χ1v) is 11.5. The van der Waals surface area contributed by atoms with Gasteiger partial charge in [0.05, 0.1) is 32.3 Å². The lowest BCUT2D eigenvalue weighted by molar-refractivity contribution is 0.0634. The molecule has 0 spiro atoms. The van der Waals surface area contributed by atoms with E-state index in [1.807, 2.05) is 29.5 Å². The molecule has 1 saturated heterocycles. The van der Waals surface area contributed by atoms with Gasteiger partial charge in [0.2, 0.25) is 0 Å². The van der Waals surface area contributed by atoms with Crippen LogP contribution in [0.4, 0.5) is 15.9 Å². The Morgan fingerprint density at radius 2 is 2.11 bits per heavy atom. The molecule has 1 aliphatic rings. The zero-order valence-corrected chi connectivity index (χ0v) is 20.4. The van der Waals surface area contributed by atoms with Crippen LogP contribution in [-0.4, -0.2) is 70.8 Å². The van der Waals surface area contributed by atoms with Gasteiger partial charge in [-0.2, -0.15) is 0 Å². The maximum absolute atomic E-state index is 14.3. The third-order valence-corrected chi connectivity index (χ3v) is 6.18. The Hall–Kier alpha value is -4.02. The summed E-state index contributed by atoms with van der Waals surface area (Å²) in [7, 11) is 3.23. The number of halogens is 1. The summed E-state index contributed by atoms with van der Waals surface area (Å²) < 4.78 is 26.5. The van der Waals surface area contributed by atoms with E-state index in [1.165, 1.54) is 13.2 Å². The fraction of sp³-hybridized carbons (Fsp3) is 0.269. The van der Waals surface area contributed by atoms with Crippen molar-refractivity contribution in [2.24, 2.45) is 0 Å². The van der Waals surface area contributed by atoms with Gasteiger partial charge in [-0.3, -0.25) is 14.1 Å². The smallest absolute Gasteiger partial charge is 0.254 e. The van der Waals surface area contributed by atoms with Gasteiger partial charge in [0.1, 0.15) is 6.73 Å². The number of amides is 1. The number of aromatic nitrogens is 3. The minimum Gasteiger partial charge on any atom is -0.494 e. The number of aryl methyl sites for hydroxylation is 1. The molecule has 0 aliphatic carbocycles. The number of nitrogens with zero attached hydrogens (tertiary/aromatic N) is 5. The zero-order chi connectivity index (χ0) is 25.2. The molecule has 10 heteroatoms. The SMILES string of the molecule is COc1ccc(-c2cnc3c(Nc4ccc(C(=O)N(C)CN5CCOC5)c(C)c4)nccn23)cc1F. The third kappa shape index (κ3) is 4.60. The fourth-order valence-corrected chi connectivity index (χ4v) is 4.30. The van der Waals surface area contributed by atoms with E-state index in [-0.39, 0.29) is 11.7 Å². The van der Waals surface area contributed by atoms with Crippen molar-refractivity contribution in [3.63, 3.8) is 0 Å². The summed E-state index contributed by atoms with van der Waals surface area (Å²) in [5.74, 6) is 0.241. The Balaban J connectivity index is 1.37. The van der Waals surface area contributed by atoms with Crippen LogP contribution in [-0.2, 0) is 4.74 Å². The molecule has 1 fully saturated rings. The van der Waals surface area contributed by atoms with Crippen molar-refractivity contribution in [1.29, 1.82) is 0 Å². The Labute approximate surface area is 208 Å². The molecule has 2 aromatic heterocycles. The molecule has 36 heavy (non-hydrogen) atoms. The van der Waals surface area contributed by atoms with E-state index in [1.54, 1.807) is 42.7 Å². The Morgan fingerprint density at radius 3 is 2.83 bits per heavy atom. The van der Waals surface area contributed by atoms with Crippen molar-refractivity contribution in [2.75, 3.05) is 46.0 Å². The monoisotopic (exact) mass is 490 g/mol. The van der Waals surface area contributed by atoms with Crippen molar-refractivity contribution in [3.8, 4) is 17.0 Å². The van der Waals surface area contributed by atoms with Crippen LogP contribution in [0.3, 0.4) is 0 Å². The summed E-state index contributed by atoms with van der Waals surface area (Å²) in [6.45, 7) is 4.48. The molecule has 9 nitrogen and oxygen atoms in total. The second kappa shape index (κ2) is 9.92.